The molecule has 2 rings (SSSR count). The number of sulfonamides is 1. The van der Waals surface area contributed by atoms with Gasteiger partial charge in [-0.05, 0) is 52.7 Å². The highest BCUT2D eigenvalue weighted by Gasteiger charge is 2.25. The molecule has 0 aliphatic rings. The van der Waals surface area contributed by atoms with Crippen molar-refractivity contribution in [3.8, 4) is 0 Å². The van der Waals surface area contributed by atoms with E-state index in [9.17, 15) is 8.42 Å². The largest absolute Gasteiger partial charge is 0.468 e. The SMILES string of the molecule is Cc1cc(Br)c(S(=O)(=O)N(C)Cc2ccco2)cc1Br. The molecule has 0 bridgehead atoms. The average molecular weight is 423 g/mol. The van der Waals surface area contributed by atoms with Gasteiger partial charge in [-0.3, -0.25) is 0 Å². The summed E-state index contributed by atoms with van der Waals surface area (Å²) in [5, 5.41) is 0. The fourth-order valence-corrected chi connectivity index (χ4v) is 4.47. The van der Waals surface area contributed by atoms with E-state index in [1.165, 1.54) is 17.6 Å². The minimum atomic E-state index is -3.59. The van der Waals surface area contributed by atoms with Crippen LogP contribution in [0.5, 0.6) is 0 Å². The second-order valence-electron chi connectivity index (χ2n) is 4.37. The Hall–Kier alpha value is -0.630. The fourth-order valence-electron chi connectivity index (χ4n) is 1.70. The van der Waals surface area contributed by atoms with Crippen LogP contribution in [0.25, 0.3) is 0 Å². The number of hydrogen-bond donors (Lipinski definition) is 0. The third kappa shape index (κ3) is 3.16. The van der Waals surface area contributed by atoms with Gasteiger partial charge in [-0.1, -0.05) is 15.9 Å². The first-order valence-electron chi connectivity index (χ1n) is 5.76. The summed E-state index contributed by atoms with van der Waals surface area (Å²) in [6, 6.07) is 6.85. The number of furan rings is 1. The topological polar surface area (TPSA) is 50.5 Å². The van der Waals surface area contributed by atoms with Crippen LogP contribution in [0.1, 0.15) is 11.3 Å². The van der Waals surface area contributed by atoms with Gasteiger partial charge in [0.2, 0.25) is 10.0 Å². The van der Waals surface area contributed by atoms with Gasteiger partial charge in [-0.25, -0.2) is 8.42 Å². The summed E-state index contributed by atoms with van der Waals surface area (Å²) in [5.41, 5.74) is 0.963. The van der Waals surface area contributed by atoms with Crippen LogP contribution >= 0.6 is 31.9 Å². The predicted octanol–water partition coefficient (Wildman–Crippen LogP) is 3.93. The van der Waals surface area contributed by atoms with E-state index >= 15 is 0 Å². The van der Waals surface area contributed by atoms with Gasteiger partial charge in [0.05, 0.1) is 17.7 Å². The molecule has 20 heavy (non-hydrogen) atoms. The molecule has 0 spiro atoms. The standard InChI is InChI=1S/C13H13Br2NO3S/c1-9-6-12(15)13(7-11(9)14)20(17,18)16(2)8-10-4-3-5-19-10/h3-7H,8H2,1-2H3. The van der Waals surface area contributed by atoms with E-state index in [-0.39, 0.29) is 11.4 Å². The molecule has 4 nitrogen and oxygen atoms in total. The maximum atomic E-state index is 12.6. The Kier molecular flexibility index (Phi) is 4.73. The lowest BCUT2D eigenvalue weighted by Gasteiger charge is -2.17. The summed E-state index contributed by atoms with van der Waals surface area (Å²) in [7, 11) is -2.06. The van der Waals surface area contributed by atoms with Crippen LogP contribution in [0.15, 0.2) is 48.8 Å². The van der Waals surface area contributed by atoms with E-state index in [1.807, 2.05) is 6.92 Å². The molecular formula is C13H13Br2NO3S. The van der Waals surface area contributed by atoms with Crippen LogP contribution in [0.3, 0.4) is 0 Å². The number of benzene rings is 1. The molecule has 1 aromatic heterocycles. The molecule has 1 aromatic carbocycles. The van der Waals surface area contributed by atoms with Crippen LogP contribution in [0.4, 0.5) is 0 Å². The van der Waals surface area contributed by atoms with Gasteiger partial charge in [0.15, 0.2) is 0 Å². The van der Waals surface area contributed by atoms with Gasteiger partial charge in [0, 0.05) is 16.0 Å². The number of aryl methyl sites for hydroxylation is 1. The Morgan fingerprint density at radius 1 is 1.25 bits per heavy atom. The minimum absolute atomic E-state index is 0.188. The van der Waals surface area contributed by atoms with Gasteiger partial charge in [0.1, 0.15) is 5.76 Å². The van der Waals surface area contributed by atoms with E-state index in [0.29, 0.717) is 10.2 Å². The van der Waals surface area contributed by atoms with Crippen molar-refractivity contribution < 1.29 is 12.8 Å². The van der Waals surface area contributed by atoms with E-state index in [2.05, 4.69) is 31.9 Å². The zero-order valence-electron chi connectivity index (χ0n) is 10.9. The van der Waals surface area contributed by atoms with E-state index in [0.717, 1.165) is 10.0 Å². The van der Waals surface area contributed by atoms with Crippen LogP contribution in [-0.4, -0.2) is 19.8 Å². The lowest BCUT2D eigenvalue weighted by Crippen LogP contribution is -2.26. The fraction of sp³-hybridized carbons (Fsp3) is 0.231. The van der Waals surface area contributed by atoms with Gasteiger partial charge < -0.3 is 4.42 Å². The molecule has 0 fully saturated rings. The zero-order chi connectivity index (χ0) is 14.9. The summed E-state index contributed by atoms with van der Waals surface area (Å²) in [6.45, 7) is 2.09. The van der Waals surface area contributed by atoms with Gasteiger partial charge in [-0.15, -0.1) is 0 Å². The van der Waals surface area contributed by atoms with E-state index in [4.69, 9.17) is 4.42 Å². The molecule has 0 saturated carbocycles. The maximum absolute atomic E-state index is 12.6. The van der Waals surface area contributed by atoms with Crippen LogP contribution in [0, 0.1) is 6.92 Å². The van der Waals surface area contributed by atoms with Crippen molar-refractivity contribution in [3.63, 3.8) is 0 Å². The third-order valence-electron chi connectivity index (χ3n) is 2.86. The average Bonchev–Trinajstić information content (AvgIpc) is 2.86. The Morgan fingerprint density at radius 3 is 2.55 bits per heavy atom. The maximum Gasteiger partial charge on any atom is 0.244 e. The molecule has 0 aliphatic heterocycles. The highest BCUT2D eigenvalue weighted by molar-refractivity contribution is 9.11. The molecule has 0 atom stereocenters. The first-order chi connectivity index (χ1) is 9.32. The summed E-state index contributed by atoms with van der Waals surface area (Å²) in [6.07, 6.45) is 1.52. The Morgan fingerprint density at radius 2 is 1.95 bits per heavy atom. The minimum Gasteiger partial charge on any atom is -0.468 e. The van der Waals surface area contributed by atoms with Crippen molar-refractivity contribution in [3.05, 3.63) is 50.8 Å². The smallest absolute Gasteiger partial charge is 0.244 e. The van der Waals surface area contributed by atoms with Crippen LogP contribution in [0.2, 0.25) is 0 Å². The number of hydrogen-bond acceptors (Lipinski definition) is 3. The van der Waals surface area contributed by atoms with E-state index < -0.39 is 10.0 Å². The van der Waals surface area contributed by atoms with Crippen molar-refractivity contribution in [2.24, 2.45) is 0 Å². The Balaban J connectivity index is 2.37. The van der Waals surface area contributed by atoms with Crippen LogP contribution in [-0.2, 0) is 16.6 Å². The lowest BCUT2D eigenvalue weighted by molar-refractivity contribution is 0.406. The molecule has 2 aromatic rings. The first-order valence-corrected chi connectivity index (χ1v) is 8.79. The second-order valence-corrected chi connectivity index (χ2v) is 8.09. The van der Waals surface area contributed by atoms with Crippen molar-refractivity contribution in [1.82, 2.24) is 4.31 Å². The van der Waals surface area contributed by atoms with Gasteiger partial charge >= 0.3 is 0 Å². The first kappa shape index (κ1) is 15.8. The van der Waals surface area contributed by atoms with Crippen molar-refractivity contribution in [2.75, 3.05) is 7.05 Å². The van der Waals surface area contributed by atoms with E-state index in [1.54, 1.807) is 24.3 Å². The molecular weight excluding hydrogens is 410 g/mol. The number of rotatable bonds is 4. The molecule has 0 aliphatic carbocycles. The highest BCUT2D eigenvalue weighted by atomic mass is 79.9. The quantitative estimate of drug-likeness (QED) is 0.749. The monoisotopic (exact) mass is 421 g/mol. The Labute approximate surface area is 135 Å². The molecule has 0 unspecified atom stereocenters. The second kappa shape index (κ2) is 6.01. The summed E-state index contributed by atoms with van der Waals surface area (Å²) < 4.78 is 32.9. The number of nitrogens with zero attached hydrogens (tertiary/aromatic N) is 1. The van der Waals surface area contributed by atoms with Crippen molar-refractivity contribution in [1.29, 1.82) is 0 Å². The summed E-state index contributed by atoms with van der Waals surface area (Å²) in [4.78, 5) is 0.226. The molecule has 0 N–H and O–H groups in total. The molecule has 0 amide bonds. The van der Waals surface area contributed by atoms with Gasteiger partial charge in [0.25, 0.3) is 0 Å². The third-order valence-corrected chi connectivity index (χ3v) is 6.48. The zero-order valence-corrected chi connectivity index (χ0v) is 14.9. The molecule has 7 heteroatoms. The number of halogens is 2. The normalized spacial score (nSPS) is 12.1. The lowest BCUT2D eigenvalue weighted by atomic mass is 10.2. The predicted molar refractivity (Wildman–Crippen MR) is 83.9 cm³/mol. The highest BCUT2D eigenvalue weighted by Crippen LogP contribution is 2.30. The Bertz CT molecular complexity index is 711. The van der Waals surface area contributed by atoms with Crippen molar-refractivity contribution >= 4 is 41.9 Å². The summed E-state index contributed by atoms with van der Waals surface area (Å²) >= 11 is 6.67. The molecule has 108 valence electrons. The molecule has 1 heterocycles. The van der Waals surface area contributed by atoms with Gasteiger partial charge in [-0.2, -0.15) is 4.31 Å². The molecule has 0 saturated heterocycles. The molecule has 0 radical (unpaired) electrons. The van der Waals surface area contributed by atoms with Crippen molar-refractivity contribution in [2.45, 2.75) is 18.4 Å². The van der Waals surface area contributed by atoms with Crippen LogP contribution < -0.4 is 0 Å². The summed E-state index contributed by atoms with van der Waals surface area (Å²) in [5.74, 6) is 0.596.